The third-order valence-corrected chi connectivity index (χ3v) is 4.19. The van der Waals surface area contributed by atoms with Crippen molar-refractivity contribution in [1.29, 1.82) is 0 Å². The van der Waals surface area contributed by atoms with Crippen LogP contribution in [0.5, 0.6) is 0 Å². The molecule has 1 aromatic heterocycles. The van der Waals surface area contributed by atoms with Crippen LogP contribution in [0.2, 0.25) is 0 Å². The molecular weight excluding hydrogens is 232 g/mol. The van der Waals surface area contributed by atoms with E-state index in [1.165, 1.54) is 4.70 Å². The summed E-state index contributed by atoms with van der Waals surface area (Å²) in [6.07, 6.45) is 0.911. The van der Waals surface area contributed by atoms with Crippen LogP contribution in [0, 0.1) is 0 Å². The van der Waals surface area contributed by atoms with E-state index >= 15 is 0 Å². The van der Waals surface area contributed by atoms with Crippen LogP contribution in [0.3, 0.4) is 0 Å². The first-order chi connectivity index (χ1) is 8.25. The fraction of sp³-hybridized carbons (Fsp3) is 0.308. The van der Waals surface area contributed by atoms with Crippen molar-refractivity contribution < 1.29 is 4.79 Å². The van der Waals surface area contributed by atoms with Crippen LogP contribution in [-0.4, -0.2) is 29.9 Å². The maximum Gasteiger partial charge on any atom is 0.255 e. The molecule has 0 radical (unpaired) electrons. The van der Waals surface area contributed by atoms with Gasteiger partial charge in [0.2, 0.25) is 0 Å². The molecule has 1 aromatic carbocycles. The number of amides is 1. The number of rotatable bonds is 1. The molecule has 2 heterocycles. The van der Waals surface area contributed by atoms with Crippen LogP contribution in [0.25, 0.3) is 10.1 Å². The molecule has 0 aliphatic carbocycles. The van der Waals surface area contributed by atoms with Crippen molar-refractivity contribution in [2.24, 2.45) is 5.73 Å². The maximum atomic E-state index is 12.3. The van der Waals surface area contributed by atoms with Crippen LogP contribution in [0.4, 0.5) is 0 Å². The first kappa shape index (κ1) is 10.7. The summed E-state index contributed by atoms with van der Waals surface area (Å²) in [6.45, 7) is 1.47. The van der Waals surface area contributed by atoms with Gasteiger partial charge in [-0.1, -0.05) is 18.2 Å². The predicted molar refractivity (Wildman–Crippen MR) is 70.3 cm³/mol. The largest absolute Gasteiger partial charge is 0.337 e. The lowest BCUT2D eigenvalue weighted by Crippen LogP contribution is -2.31. The zero-order valence-electron chi connectivity index (χ0n) is 9.43. The van der Waals surface area contributed by atoms with E-state index in [-0.39, 0.29) is 11.9 Å². The van der Waals surface area contributed by atoms with Crippen molar-refractivity contribution in [3.8, 4) is 0 Å². The topological polar surface area (TPSA) is 46.3 Å². The Morgan fingerprint density at radius 1 is 1.41 bits per heavy atom. The average Bonchev–Trinajstić information content (AvgIpc) is 2.94. The second kappa shape index (κ2) is 4.13. The molecule has 88 valence electrons. The summed E-state index contributed by atoms with van der Waals surface area (Å²) in [6, 6.07) is 8.17. The molecule has 0 saturated carbocycles. The van der Waals surface area contributed by atoms with Gasteiger partial charge in [0, 0.05) is 34.6 Å². The number of carbonyl (C=O) groups excluding carboxylic acids is 1. The van der Waals surface area contributed by atoms with E-state index in [1.54, 1.807) is 11.3 Å². The Morgan fingerprint density at radius 2 is 2.24 bits per heavy atom. The summed E-state index contributed by atoms with van der Waals surface area (Å²) in [7, 11) is 0. The molecule has 4 heteroatoms. The zero-order valence-corrected chi connectivity index (χ0v) is 10.2. The third-order valence-electron chi connectivity index (χ3n) is 3.22. The summed E-state index contributed by atoms with van der Waals surface area (Å²) in [5.74, 6) is 0.121. The van der Waals surface area contributed by atoms with E-state index in [4.69, 9.17) is 5.73 Å². The van der Waals surface area contributed by atoms with Gasteiger partial charge in [-0.25, -0.2) is 0 Å². The number of nitrogens with zero attached hydrogens (tertiary/aromatic N) is 1. The van der Waals surface area contributed by atoms with Crippen LogP contribution >= 0.6 is 11.3 Å². The highest BCUT2D eigenvalue weighted by atomic mass is 32.1. The van der Waals surface area contributed by atoms with Gasteiger partial charge in [-0.3, -0.25) is 4.79 Å². The molecule has 2 aromatic rings. The Hall–Kier alpha value is -1.39. The van der Waals surface area contributed by atoms with Gasteiger partial charge >= 0.3 is 0 Å². The standard InChI is InChI=1S/C13H14N2OS/c14-9-5-6-15(7-9)13(16)11-8-17-12-4-2-1-3-10(11)12/h1-4,8-9H,5-7,14H2. The lowest BCUT2D eigenvalue weighted by atomic mass is 10.1. The molecule has 1 fully saturated rings. The molecule has 3 rings (SSSR count). The highest BCUT2D eigenvalue weighted by molar-refractivity contribution is 7.17. The minimum atomic E-state index is 0.121. The second-order valence-corrected chi connectivity index (χ2v) is 5.36. The Balaban J connectivity index is 1.96. The third kappa shape index (κ3) is 1.83. The van der Waals surface area contributed by atoms with Gasteiger partial charge in [-0.2, -0.15) is 0 Å². The van der Waals surface area contributed by atoms with Crippen LogP contribution in [0.1, 0.15) is 16.8 Å². The SMILES string of the molecule is NC1CCN(C(=O)c2csc3ccccc23)C1. The first-order valence-electron chi connectivity index (χ1n) is 5.77. The Kier molecular flexibility index (Phi) is 2.61. The number of likely N-dealkylation sites (tertiary alicyclic amines) is 1. The molecule has 0 spiro atoms. The molecular formula is C13H14N2OS. The minimum absolute atomic E-state index is 0.121. The van der Waals surface area contributed by atoms with Gasteiger partial charge in [0.05, 0.1) is 5.56 Å². The predicted octanol–water partition coefficient (Wildman–Crippen LogP) is 2.07. The maximum absolute atomic E-state index is 12.3. The monoisotopic (exact) mass is 246 g/mol. The van der Waals surface area contributed by atoms with Crippen LogP contribution in [0.15, 0.2) is 29.6 Å². The van der Waals surface area contributed by atoms with Gasteiger partial charge in [-0.05, 0) is 12.5 Å². The summed E-state index contributed by atoms with van der Waals surface area (Å²) in [5.41, 5.74) is 6.66. The number of benzene rings is 1. The lowest BCUT2D eigenvalue weighted by Gasteiger charge is -2.15. The zero-order chi connectivity index (χ0) is 11.8. The summed E-state index contributed by atoms with van der Waals surface area (Å²) in [5, 5.41) is 3.01. The van der Waals surface area contributed by atoms with E-state index in [2.05, 4.69) is 0 Å². The minimum Gasteiger partial charge on any atom is -0.337 e. The number of fused-ring (bicyclic) bond motifs is 1. The molecule has 17 heavy (non-hydrogen) atoms. The molecule has 1 atom stereocenters. The normalized spacial score (nSPS) is 20.1. The molecule has 1 saturated heterocycles. The van der Waals surface area contributed by atoms with E-state index in [9.17, 15) is 4.79 Å². The molecule has 1 amide bonds. The fourth-order valence-corrected chi connectivity index (χ4v) is 3.22. The van der Waals surface area contributed by atoms with Gasteiger partial charge < -0.3 is 10.6 Å². The van der Waals surface area contributed by atoms with Crippen molar-refractivity contribution in [3.05, 3.63) is 35.2 Å². The van der Waals surface area contributed by atoms with Gasteiger partial charge in [0.25, 0.3) is 5.91 Å². The summed E-state index contributed by atoms with van der Waals surface area (Å²) < 4.78 is 1.17. The lowest BCUT2D eigenvalue weighted by molar-refractivity contribution is 0.0793. The number of thiophene rings is 1. The van der Waals surface area contributed by atoms with E-state index in [0.717, 1.165) is 23.9 Å². The van der Waals surface area contributed by atoms with Crippen molar-refractivity contribution >= 4 is 27.3 Å². The van der Waals surface area contributed by atoms with E-state index in [0.29, 0.717) is 6.54 Å². The van der Waals surface area contributed by atoms with Crippen molar-refractivity contribution in [3.63, 3.8) is 0 Å². The van der Waals surface area contributed by atoms with Crippen molar-refractivity contribution in [2.75, 3.05) is 13.1 Å². The molecule has 0 bridgehead atoms. The molecule has 1 aliphatic heterocycles. The van der Waals surface area contributed by atoms with Gasteiger partial charge in [0.15, 0.2) is 0 Å². The number of nitrogens with two attached hydrogens (primary N) is 1. The Labute approximate surface area is 104 Å². The number of hydrogen-bond donors (Lipinski definition) is 1. The molecule has 1 aliphatic rings. The van der Waals surface area contributed by atoms with E-state index < -0.39 is 0 Å². The average molecular weight is 246 g/mol. The highest BCUT2D eigenvalue weighted by Gasteiger charge is 2.25. The first-order valence-corrected chi connectivity index (χ1v) is 6.65. The molecule has 3 nitrogen and oxygen atoms in total. The van der Waals surface area contributed by atoms with Crippen LogP contribution in [-0.2, 0) is 0 Å². The second-order valence-electron chi connectivity index (χ2n) is 4.45. The van der Waals surface area contributed by atoms with E-state index in [1.807, 2.05) is 34.5 Å². The quantitative estimate of drug-likeness (QED) is 0.837. The van der Waals surface area contributed by atoms with Crippen LogP contribution < -0.4 is 5.73 Å². The Morgan fingerprint density at radius 3 is 3.00 bits per heavy atom. The smallest absolute Gasteiger partial charge is 0.255 e. The number of carbonyl (C=O) groups is 1. The summed E-state index contributed by atoms with van der Waals surface area (Å²) in [4.78, 5) is 14.2. The highest BCUT2D eigenvalue weighted by Crippen LogP contribution is 2.27. The Bertz CT molecular complexity index is 563. The summed E-state index contributed by atoms with van der Waals surface area (Å²) >= 11 is 1.62. The molecule has 2 N–H and O–H groups in total. The fourth-order valence-electron chi connectivity index (χ4n) is 2.29. The number of hydrogen-bond acceptors (Lipinski definition) is 3. The molecule has 1 unspecified atom stereocenters. The van der Waals surface area contributed by atoms with Gasteiger partial charge in [-0.15, -0.1) is 11.3 Å². The van der Waals surface area contributed by atoms with Crippen molar-refractivity contribution in [1.82, 2.24) is 4.90 Å². The van der Waals surface area contributed by atoms with Crippen molar-refractivity contribution in [2.45, 2.75) is 12.5 Å². The van der Waals surface area contributed by atoms with Gasteiger partial charge in [0.1, 0.15) is 0 Å².